The highest BCUT2D eigenvalue weighted by Gasteiger charge is 2.24. The normalized spacial score (nSPS) is 11.8. The van der Waals surface area contributed by atoms with Gasteiger partial charge in [-0.05, 0) is 148 Å². The molecule has 11 nitrogen and oxygen atoms in total. The third kappa shape index (κ3) is 10.5. The monoisotopic (exact) mass is 1380 g/mol. The van der Waals surface area contributed by atoms with Crippen molar-refractivity contribution in [2.45, 2.75) is 0 Å². The lowest BCUT2D eigenvalue weighted by atomic mass is 9.95. The topological polar surface area (TPSA) is 134 Å². The van der Waals surface area contributed by atoms with Gasteiger partial charge in [0.1, 0.15) is 11.0 Å². The van der Waals surface area contributed by atoms with E-state index in [-0.39, 0.29) is 0 Å². The van der Waals surface area contributed by atoms with Crippen molar-refractivity contribution in [3.8, 4) is 130 Å². The van der Waals surface area contributed by atoms with Crippen LogP contribution in [-0.4, -0.2) is 44.4 Å². The molecule has 0 N–H and O–H groups in total. The van der Waals surface area contributed by atoms with Gasteiger partial charge in [-0.2, -0.15) is 9.97 Å². The van der Waals surface area contributed by atoms with E-state index in [4.69, 9.17) is 48.7 Å². The second-order valence-electron chi connectivity index (χ2n) is 26.1. The molecule has 7 aromatic heterocycles. The number of thiophene rings is 2. The van der Waals surface area contributed by atoms with Crippen molar-refractivity contribution in [2.75, 3.05) is 0 Å². The smallest absolute Gasteiger partial charge is 0.238 e. The molecule has 490 valence electrons. The molecule has 0 aliphatic rings. The Morgan fingerprint density at radius 2 is 0.657 bits per heavy atom. The fourth-order valence-electron chi connectivity index (χ4n) is 14.7. The van der Waals surface area contributed by atoms with Gasteiger partial charge in [-0.25, -0.2) is 29.9 Å². The molecule has 21 aromatic rings. The van der Waals surface area contributed by atoms with Crippen LogP contribution in [0.1, 0.15) is 0 Å². The Hall–Kier alpha value is -13.7. The van der Waals surface area contributed by atoms with E-state index in [1.807, 2.05) is 84.9 Å². The summed E-state index contributed by atoms with van der Waals surface area (Å²) in [6.07, 6.45) is 0. The summed E-state index contributed by atoms with van der Waals surface area (Å²) in [5.41, 5.74) is 20.2. The second-order valence-corrected chi connectivity index (χ2v) is 28.3. The lowest BCUT2D eigenvalue weighted by molar-refractivity contribution is 0.619. The summed E-state index contributed by atoms with van der Waals surface area (Å²) >= 11 is 3.56. The number of rotatable bonds is 12. The molecule has 13 heteroatoms. The van der Waals surface area contributed by atoms with E-state index in [2.05, 4.69) is 241 Å². The zero-order chi connectivity index (χ0) is 69.1. The van der Waals surface area contributed by atoms with E-state index < -0.39 is 0 Å². The molecule has 0 spiro atoms. The summed E-state index contributed by atoms with van der Waals surface area (Å²) in [4.78, 5) is 41.7. The van der Waals surface area contributed by atoms with Crippen molar-refractivity contribution in [3.05, 3.63) is 322 Å². The predicted octanol–water partition coefficient (Wildman–Crippen LogP) is 24.5. The van der Waals surface area contributed by atoms with Gasteiger partial charge in [0.2, 0.25) is 17.7 Å². The standard InChI is InChI=1S/C92H53N9O2S2/c1-3-17-58(18-4-1)85-95-87(98-88(96-85)69-25-16-32-81-82(69)71-52-63(45-49-79(71)104-81)55-35-41-60(42-36-55)90-93-73-26-9-13-30-77(73)102-90)65-22-15-21-62(51-65)54-33-39-57(40-34-54)66-47-48-70(83-72-53-64(46-50-80(72)105-84(66)83)56-37-43-61(44-38-56)91-94-74-27-10-14-31-78(74)103-91)89-97-86(59-19-5-2-6-20-59)99-92(100-89)101-75-28-11-7-23-67(75)68-24-8-12-29-76(68)101/h1-53H. The average Bonchev–Trinajstić information content (AvgIpc) is 1.61. The van der Waals surface area contributed by atoms with Crippen LogP contribution < -0.4 is 0 Å². The van der Waals surface area contributed by atoms with Crippen LogP contribution in [-0.2, 0) is 0 Å². The van der Waals surface area contributed by atoms with Crippen molar-refractivity contribution in [1.82, 2.24) is 44.4 Å². The number of hydrogen-bond acceptors (Lipinski definition) is 12. The molecular formula is C92H53N9O2S2. The molecule has 0 aliphatic heterocycles. The minimum atomic E-state index is 0.539. The highest BCUT2D eigenvalue weighted by Crippen LogP contribution is 2.48. The molecule has 0 radical (unpaired) electrons. The van der Waals surface area contributed by atoms with Crippen LogP contribution in [0.15, 0.2) is 330 Å². The number of hydrogen-bond donors (Lipinski definition) is 0. The zero-order valence-corrected chi connectivity index (χ0v) is 57.4. The summed E-state index contributed by atoms with van der Waals surface area (Å²) in [5.74, 6) is 4.66. The molecule has 7 heterocycles. The maximum atomic E-state index is 6.20. The number of oxazole rings is 2. The molecule has 21 rings (SSSR count). The van der Waals surface area contributed by atoms with Crippen LogP contribution in [0.25, 0.3) is 215 Å². The Morgan fingerprint density at radius 1 is 0.238 bits per heavy atom. The van der Waals surface area contributed by atoms with Crippen LogP contribution >= 0.6 is 22.7 Å². The Morgan fingerprint density at radius 3 is 1.26 bits per heavy atom. The molecule has 0 bridgehead atoms. The van der Waals surface area contributed by atoms with Gasteiger partial charge in [0.05, 0.1) is 11.0 Å². The van der Waals surface area contributed by atoms with E-state index in [9.17, 15) is 0 Å². The van der Waals surface area contributed by atoms with Gasteiger partial charge in [-0.3, -0.25) is 4.57 Å². The molecule has 105 heavy (non-hydrogen) atoms. The van der Waals surface area contributed by atoms with Gasteiger partial charge < -0.3 is 8.83 Å². The Bertz CT molecular complexity index is 6900. The quantitative estimate of drug-likeness (QED) is 0.116. The number of fused-ring (bicyclic) bond motifs is 11. The summed E-state index contributed by atoms with van der Waals surface area (Å²) < 4.78 is 19.1. The molecule has 0 unspecified atom stereocenters. The predicted molar refractivity (Wildman–Crippen MR) is 428 cm³/mol. The molecule has 0 amide bonds. The third-order valence-electron chi connectivity index (χ3n) is 19.9. The van der Waals surface area contributed by atoms with Crippen molar-refractivity contribution >= 4 is 107 Å². The Labute approximate surface area is 608 Å². The first-order valence-corrected chi connectivity index (χ1v) is 36.3. The summed E-state index contributed by atoms with van der Waals surface area (Å²) in [7, 11) is 0. The lowest BCUT2D eigenvalue weighted by Crippen LogP contribution is -2.06. The molecule has 0 saturated heterocycles. The Balaban J connectivity index is 0.665. The van der Waals surface area contributed by atoms with Gasteiger partial charge in [-0.1, -0.05) is 218 Å². The first-order valence-electron chi connectivity index (χ1n) is 34.7. The molecule has 14 aromatic carbocycles. The van der Waals surface area contributed by atoms with E-state index in [0.29, 0.717) is 46.9 Å². The largest absolute Gasteiger partial charge is 0.436 e. The van der Waals surface area contributed by atoms with Crippen LogP contribution in [0, 0.1) is 0 Å². The molecule has 0 aliphatic carbocycles. The van der Waals surface area contributed by atoms with E-state index >= 15 is 0 Å². The second kappa shape index (κ2) is 24.5. The van der Waals surface area contributed by atoms with Gasteiger partial charge >= 0.3 is 0 Å². The maximum Gasteiger partial charge on any atom is 0.238 e. The fraction of sp³-hybridized carbons (Fsp3) is 0. The number of para-hydroxylation sites is 6. The summed E-state index contributed by atoms with van der Waals surface area (Å²) in [6.45, 7) is 0. The van der Waals surface area contributed by atoms with Crippen LogP contribution in [0.5, 0.6) is 0 Å². The van der Waals surface area contributed by atoms with Gasteiger partial charge in [-0.15, -0.1) is 22.7 Å². The van der Waals surface area contributed by atoms with Crippen LogP contribution in [0.3, 0.4) is 0 Å². The van der Waals surface area contributed by atoms with Crippen molar-refractivity contribution in [3.63, 3.8) is 0 Å². The van der Waals surface area contributed by atoms with Gasteiger partial charge in [0.25, 0.3) is 0 Å². The van der Waals surface area contributed by atoms with Crippen LogP contribution in [0.4, 0.5) is 0 Å². The molecule has 0 fully saturated rings. The van der Waals surface area contributed by atoms with Crippen molar-refractivity contribution in [1.29, 1.82) is 0 Å². The maximum absolute atomic E-state index is 6.20. The number of nitrogens with zero attached hydrogens (tertiary/aromatic N) is 9. The van der Waals surface area contributed by atoms with E-state index in [1.54, 1.807) is 22.7 Å². The highest BCUT2D eigenvalue weighted by molar-refractivity contribution is 7.26. The Kier molecular flexibility index (Phi) is 14.0. The summed E-state index contributed by atoms with van der Waals surface area (Å²) in [6, 6.07) is 112. The van der Waals surface area contributed by atoms with Crippen molar-refractivity contribution < 1.29 is 8.83 Å². The minimum absolute atomic E-state index is 0.539. The molecular weight excluding hydrogens is 1330 g/mol. The minimum Gasteiger partial charge on any atom is -0.436 e. The summed E-state index contributed by atoms with van der Waals surface area (Å²) in [5, 5.41) is 6.66. The first kappa shape index (κ1) is 60.1. The molecule has 0 atom stereocenters. The van der Waals surface area contributed by atoms with Crippen LogP contribution in [0.2, 0.25) is 0 Å². The number of benzene rings is 14. The third-order valence-corrected chi connectivity index (χ3v) is 22.2. The lowest BCUT2D eigenvalue weighted by Gasteiger charge is -2.13. The fourth-order valence-corrected chi connectivity index (χ4v) is 17.1. The first-order chi connectivity index (χ1) is 52.0. The van der Waals surface area contributed by atoms with Crippen molar-refractivity contribution in [2.24, 2.45) is 0 Å². The van der Waals surface area contributed by atoms with E-state index in [0.717, 1.165) is 163 Å². The highest BCUT2D eigenvalue weighted by atomic mass is 32.1. The van der Waals surface area contributed by atoms with E-state index in [1.165, 1.54) is 4.70 Å². The molecule has 0 saturated carbocycles. The van der Waals surface area contributed by atoms with Gasteiger partial charge in [0, 0.05) is 90.1 Å². The average molecular weight is 1380 g/mol. The van der Waals surface area contributed by atoms with Gasteiger partial charge in [0.15, 0.2) is 40.3 Å². The SMILES string of the molecule is c1ccc(-c2nc(-c3cccc(-c4ccc(-c5ccc(-c6nc(-c7ccccc7)nc(-n7c8ccccc8c8ccccc87)n6)c6c5sc5ccc(-c7ccc(-c8nc9ccccc9o8)cc7)cc56)cc4)c3)nc(-c3cccc4sc5ccc(-c6ccc(-c7nc8ccccc8o7)cc6)cc5c34)n2)cc1. The zero-order valence-electron chi connectivity index (χ0n) is 55.8. The number of aromatic nitrogens is 9.